The van der Waals surface area contributed by atoms with Gasteiger partial charge in [-0.2, -0.15) is 11.3 Å². The summed E-state index contributed by atoms with van der Waals surface area (Å²) in [5.74, 6) is 0.226. The predicted octanol–water partition coefficient (Wildman–Crippen LogP) is 1.45. The summed E-state index contributed by atoms with van der Waals surface area (Å²) in [4.78, 5) is 16.7. The van der Waals surface area contributed by atoms with Crippen LogP contribution in [0.1, 0.15) is 17.2 Å². The highest BCUT2D eigenvalue weighted by atomic mass is 32.2. The minimum absolute atomic E-state index is 0.0188. The Morgan fingerprint density at radius 2 is 2.30 bits per heavy atom. The number of nitrogens with one attached hydrogen (secondary N) is 2. The van der Waals surface area contributed by atoms with Crippen molar-refractivity contribution in [3.8, 4) is 5.88 Å². The van der Waals surface area contributed by atoms with Crippen LogP contribution in [0.4, 0.5) is 0 Å². The zero-order valence-corrected chi connectivity index (χ0v) is 16.4. The Morgan fingerprint density at radius 1 is 1.44 bits per heavy atom. The Labute approximate surface area is 162 Å². The van der Waals surface area contributed by atoms with Gasteiger partial charge in [-0.3, -0.25) is 4.79 Å². The highest BCUT2D eigenvalue weighted by Crippen LogP contribution is 2.26. The molecule has 0 bridgehead atoms. The SMILES string of the molecule is COc1ncccc1C(Cc1ccsc1)NC(=O)CNC1C=CS(=O)(=O)C1. The molecule has 27 heavy (non-hydrogen) atoms. The summed E-state index contributed by atoms with van der Waals surface area (Å²) < 4.78 is 28.2. The van der Waals surface area contributed by atoms with Gasteiger partial charge in [-0.25, -0.2) is 13.4 Å². The Balaban J connectivity index is 1.67. The van der Waals surface area contributed by atoms with E-state index in [9.17, 15) is 13.2 Å². The van der Waals surface area contributed by atoms with Crippen molar-refractivity contribution >= 4 is 27.1 Å². The molecular weight excluding hydrogens is 386 g/mol. The van der Waals surface area contributed by atoms with Crippen LogP contribution in [0.15, 0.2) is 46.6 Å². The molecule has 0 aromatic carbocycles. The lowest BCUT2D eigenvalue weighted by Crippen LogP contribution is -2.41. The molecule has 0 fully saturated rings. The van der Waals surface area contributed by atoms with E-state index >= 15 is 0 Å². The zero-order chi connectivity index (χ0) is 19.3. The van der Waals surface area contributed by atoms with Crippen molar-refractivity contribution in [1.29, 1.82) is 0 Å². The van der Waals surface area contributed by atoms with Gasteiger partial charge in [0.1, 0.15) is 0 Å². The van der Waals surface area contributed by atoms with Crippen molar-refractivity contribution in [2.45, 2.75) is 18.5 Å². The van der Waals surface area contributed by atoms with Gasteiger partial charge in [0, 0.05) is 23.2 Å². The molecule has 3 heterocycles. The third-order valence-corrected chi connectivity index (χ3v) is 6.31. The van der Waals surface area contributed by atoms with Crippen LogP contribution in [0.3, 0.4) is 0 Å². The van der Waals surface area contributed by atoms with Crippen molar-refractivity contribution in [2.24, 2.45) is 0 Å². The van der Waals surface area contributed by atoms with Crippen molar-refractivity contribution in [3.63, 3.8) is 0 Å². The number of methoxy groups -OCH3 is 1. The smallest absolute Gasteiger partial charge is 0.234 e. The second kappa shape index (κ2) is 8.64. The maximum Gasteiger partial charge on any atom is 0.234 e. The first-order valence-corrected chi connectivity index (χ1v) is 11.1. The van der Waals surface area contributed by atoms with Gasteiger partial charge in [0.2, 0.25) is 11.8 Å². The first kappa shape index (κ1) is 19.5. The van der Waals surface area contributed by atoms with Gasteiger partial charge >= 0.3 is 0 Å². The summed E-state index contributed by atoms with van der Waals surface area (Å²) in [6.07, 6.45) is 3.81. The number of hydrogen-bond acceptors (Lipinski definition) is 7. The number of carbonyl (C=O) groups excluding carboxylic acids is 1. The molecule has 0 aliphatic carbocycles. The maximum absolute atomic E-state index is 12.5. The third kappa shape index (κ3) is 5.38. The lowest BCUT2D eigenvalue weighted by molar-refractivity contribution is -0.121. The van der Waals surface area contributed by atoms with E-state index in [1.165, 1.54) is 5.41 Å². The standard InChI is InChI=1S/C18H21N3O4S2/c1-25-18-15(3-2-6-19-18)16(9-13-4-7-26-11-13)21-17(22)10-20-14-5-8-27(23,24)12-14/h2-8,11,14,16,20H,9-10,12H2,1H3,(H,21,22). The summed E-state index contributed by atoms with van der Waals surface area (Å²) >= 11 is 1.60. The zero-order valence-electron chi connectivity index (χ0n) is 14.8. The van der Waals surface area contributed by atoms with Crippen molar-refractivity contribution in [1.82, 2.24) is 15.6 Å². The fourth-order valence-electron chi connectivity index (χ4n) is 2.89. The summed E-state index contributed by atoms with van der Waals surface area (Å²) in [7, 11) is -1.61. The molecule has 1 amide bonds. The summed E-state index contributed by atoms with van der Waals surface area (Å²) in [6.45, 7) is 0.0211. The van der Waals surface area contributed by atoms with Crippen LogP contribution in [0.25, 0.3) is 0 Å². The van der Waals surface area contributed by atoms with Gasteiger partial charge in [-0.05, 0) is 34.9 Å². The number of rotatable bonds is 8. The Hall–Kier alpha value is -2.23. The molecule has 2 unspecified atom stereocenters. The Kier molecular flexibility index (Phi) is 6.25. The van der Waals surface area contributed by atoms with Crippen molar-refractivity contribution in [3.05, 3.63) is 57.8 Å². The number of carbonyl (C=O) groups is 1. The lowest BCUT2D eigenvalue weighted by atomic mass is 10.0. The highest BCUT2D eigenvalue weighted by molar-refractivity contribution is 7.94. The average Bonchev–Trinajstić information content (AvgIpc) is 3.28. The van der Waals surface area contributed by atoms with E-state index in [0.29, 0.717) is 12.3 Å². The normalized spacial score (nSPS) is 18.9. The molecule has 0 radical (unpaired) electrons. The van der Waals surface area contributed by atoms with E-state index in [0.717, 1.165) is 11.1 Å². The van der Waals surface area contributed by atoms with E-state index in [-0.39, 0.29) is 30.3 Å². The van der Waals surface area contributed by atoms with E-state index in [4.69, 9.17) is 4.74 Å². The molecule has 2 aromatic rings. The van der Waals surface area contributed by atoms with Crippen LogP contribution < -0.4 is 15.4 Å². The van der Waals surface area contributed by atoms with Crippen LogP contribution in [0, 0.1) is 0 Å². The Bertz CT molecular complexity index is 910. The molecule has 3 rings (SSSR count). The molecule has 9 heteroatoms. The van der Waals surface area contributed by atoms with Crippen LogP contribution in [-0.4, -0.2) is 44.8 Å². The first-order valence-electron chi connectivity index (χ1n) is 8.40. The largest absolute Gasteiger partial charge is 0.481 e. The molecule has 1 aliphatic rings. The molecule has 2 N–H and O–H groups in total. The summed E-state index contributed by atoms with van der Waals surface area (Å²) in [5, 5.41) is 11.2. The number of nitrogens with zero attached hydrogens (tertiary/aromatic N) is 1. The topological polar surface area (TPSA) is 97.4 Å². The Morgan fingerprint density at radius 3 is 2.96 bits per heavy atom. The monoisotopic (exact) mass is 407 g/mol. The number of thiophene rings is 1. The van der Waals surface area contributed by atoms with Gasteiger partial charge in [0.25, 0.3) is 0 Å². The minimum atomic E-state index is -3.15. The van der Waals surface area contributed by atoms with Gasteiger partial charge in [-0.15, -0.1) is 0 Å². The van der Waals surface area contributed by atoms with Gasteiger partial charge in [0.15, 0.2) is 9.84 Å². The van der Waals surface area contributed by atoms with Gasteiger partial charge in [-0.1, -0.05) is 12.1 Å². The van der Waals surface area contributed by atoms with E-state index in [2.05, 4.69) is 15.6 Å². The van der Waals surface area contributed by atoms with Crippen LogP contribution >= 0.6 is 11.3 Å². The minimum Gasteiger partial charge on any atom is -0.481 e. The first-order chi connectivity index (χ1) is 13.0. The maximum atomic E-state index is 12.5. The third-order valence-electron chi connectivity index (χ3n) is 4.18. The number of amides is 1. The number of aromatic nitrogens is 1. The van der Waals surface area contributed by atoms with Crippen LogP contribution in [0.2, 0.25) is 0 Å². The number of ether oxygens (including phenoxy) is 1. The quantitative estimate of drug-likeness (QED) is 0.688. The number of sulfone groups is 1. The van der Waals surface area contributed by atoms with Gasteiger partial charge in [0.05, 0.1) is 25.4 Å². The molecule has 2 atom stereocenters. The number of hydrogen-bond donors (Lipinski definition) is 2. The molecule has 0 saturated heterocycles. The molecule has 1 aliphatic heterocycles. The number of pyridine rings is 1. The van der Waals surface area contributed by atoms with E-state index in [1.807, 2.05) is 22.9 Å². The second-order valence-electron chi connectivity index (χ2n) is 6.20. The van der Waals surface area contributed by atoms with E-state index < -0.39 is 9.84 Å². The summed E-state index contributed by atoms with van der Waals surface area (Å²) in [5.41, 5.74) is 1.90. The molecule has 2 aromatic heterocycles. The fourth-order valence-corrected chi connectivity index (χ4v) is 4.85. The van der Waals surface area contributed by atoms with Crippen molar-refractivity contribution in [2.75, 3.05) is 19.4 Å². The predicted molar refractivity (Wildman–Crippen MR) is 104 cm³/mol. The second-order valence-corrected chi connectivity index (χ2v) is 8.91. The van der Waals surface area contributed by atoms with Crippen LogP contribution in [0.5, 0.6) is 5.88 Å². The fraction of sp³-hybridized carbons (Fsp3) is 0.333. The van der Waals surface area contributed by atoms with Crippen LogP contribution in [-0.2, 0) is 21.1 Å². The lowest BCUT2D eigenvalue weighted by Gasteiger charge is -2.21. The molecular formula is C18H21N3O4S2. The molecule has 0 spiro atoms. The van der Waals surface area contributed by atoms with E-state index in [1.54, 1.807) is 36.8 Å². The highest BCUT2D eigenvalue weighted by Gasteiger charge is 2.23. The van der Waals surface area contributed by atoms with Gasteiger partial charge < -0.3 is 15.4 Å². The summed E-state index contributed by atoms with van der Waals surface area (Å²) in [6, 6.07) is 5.04. The molecule has 0 saturated carbocycles. The molecule has 7 nitrogen and oxygen atoms in total. The van der Waals surface area contributed by atoms with Crippen molar-refractivity contribution < 1.29 is 17.9 Å². The average molecular weight is 408 g/mol. The molecule has 144 valence electrons.